The van der Waals surface area contributed by atoms with Crippen molar-refractivity contribution < 1.29 is 9.90 Å². The van der Waals surface area contributed by atoms with Crippen molar-refractivity contribution in [3.8, 4) is 0 Å². The van der Waals surface area contributed by atoms with Crippen molar-refractivity contribution in [2.75, 3.05) is 13.1 Å². The number of ketones is 1. The highest BCUT2D eigenvalue weighted by atomic mass is 16.2. The van der Waals surface area contributed by atoms with E-state index in [4.69, 9.17) is 5.11 Å². The third-order valence-corrected chi connectivity index (χ3v) is 1.61. The summed E-state index contributed by atoms with van der Waals surface area (Å²) in [6, 6.07) is 0. The topological polar surface area (TPSA) is 49.3 Å². The van der Waals surface area contributed by atoms with Crippen LogP contribution in [0.25, 0.3) is 0 Å². The quantitative estimate of drug-likeness (QED) is 0.379. The molecule has 0 aliphatic carbocycles. The van der Waals surface area contributed by atoms with Crippen LogP contribution in [0.5, 0.6) is 0 Å². The Hall–Kier alpha value is -0.830. The molecule has 0 unspecified atom stereocenters. The summed E-state index contributed by atoms with van der Waals surface area (Å²) in [5.74, 6) is 0.0625. The van der Waals surface area contributed by atoms with Crippen LogP contribution < -0.4 is 5.32 Å². The van der Waals surface area contributed by atoms with Crippen molar-refractivity contribution in [2.24, 2.45) is 0 Å². The summed E-state index contributed by atoms with van der Waals surface area (Å²) in [7, 11) is 0. The Balaban J connectivity index is 2.61. The fraction of sp³-hybridized carbons (Fsp3) is 0.571. The molecule has 0 spiro atoms. The van der Waals surface area contributed by atoms with Gasteiger partial charge in [-0.3, -0.25) is 4.79 Å². The second kappa shape index (κ2) is 3.37. The summed E-state index contributed by atoms with van der Waals surface area (Å²) in [4.78, 5) is 11.0. The van der Waals surface area contributed by atoms with E-state index in [2.05, 4.69) is 5.32 Å². The Labute approximate surface area is 59.7 Å². The van der Waals surface area contributed by atoms with Crippen LogP contribution in [-0.2, 0) is 4.79 Å². The van der Waals surface area contributed by atoms with Crippen LogP contribution in [0.15, 0.2) is 11.8 Å². The Morgan fingerprint density at radius 1 is 1.40 bits per heavy atom. The number of rotatable bonds is 0. The zero-order chi connectivity index (χ0) is 7.40. The predicted molar refractivity (Wildman–Crippen MR) is 37.8 cm³/mol. The lowest BCUT2D eigenvalue weighted by Crippen LogP contribution is -2.13. The van der Waals surface area contributed by atoms with E-state index in [9.17, 15) is 4.79 Å². The number of aliphatic hydroxyl groups is 1. The van der Waals surface area contributed by atoms with Gasteiger partial charge >= 0.3 is 0 Å². The molecule has 56 valence electrons. The molecule has 0 aromatic carbocycles. The van der Waals surface area contributed by atoms with Gasteiger partial charge in [-0.15, -0.1) is 0 Å². The lowest BCUT2D eigenvalue weighted by Gasteiger charge is -1.95. The highest BCUT2D eigenvalue weighted by Gasteiger charge is 2.11. The second-order valence-electron chi connectivity index (χ2n) is 2.33. The zero-order valence-electron chi connectivity index (χ0n) is 5.76. The minimum Gasteiger partial charge on any atom is -0.515 e. The van der Waals surface area contributed by atoms with Crippen LogP contribution in [0.2, 0.25) is 0 Å². The lowest BCUT2D eigenvalue weighted by molar-refractivity contribution is -0.115. The van der Waals surface area contributed by atoms with Crippen molar-refractivity contribution >= 4 is 5.78 Å². The van der Waals surface area contributed by atoms with Gasteiger partial charge in [0.25, 0.3) is 0 Å². The zero-order valence-corrected chi connectivity index (χ0v) is 5.76. The molecule has 10 heavy (non-hydrogen) atoms. The van der Waals surface area contributed by atoms with Crippen molar-refractivity contribution in [2.45, 2.75) is 12.8 Å². The molecule has 0 aromatic rings. The van der Waals surface area contributed by atoms with Gasteiger partial charge in [-0.2, -0.15) is 0 Å². The molecule has 3 heteroatoms. The number of nitrogens with one attached hydrogen (secondary N) is 1. The molecule has 1 heterocycles. The van der Waals surface area contributed by atoms with Crippen molar-refractivity contribution in [3.63, 3.8) is 0 Å². The predicted octanol–water partition coefficient (Wildman–Crippen LogP) is 0.381. The Morgan fingerprint density at radius 3 is 2.80 bits per heavy atom. The molecule has 0 amide bonds. The first kappa shape index (κ1) is 7.28. The van der Waals surface area contributed by atoms with Gasteiger partial charge < -0.3 is 10.4 Å². The normalized spacial score (nSPS) is 24.8. The van der Waals surface area contributed by atoms with Gasteiger partial charge in [0.2, 0.25) is 0 Å². The number of hydrogen-bond acceptors (Lipinski definition) is 3. The van der Waals surface area contributed by atoms with Gasteiger partial charge in [0.05, 0.1) is 6.26 Å². The van der Waals surface area contributed by atoms with Crippen LogP contribution in [-0.4, -0.2) is 24.0 Å². The van der Waals surface area contributed by atoms with E-state index in [0.29, 0.717) is 18.4 Å². The fourth-order valence-electron chi connectivity index (χ4n) is 0.986. The third-order valence-electron chi connectivity index (χ3n) is 1.61. The molecule has 0 aromatic heterocycles. The average molecular weight is 141 g/mol. The molecule has 1 rings (SSSR count). The number of Topliss-reactive ketones (excluding diaryl/α,β-unsaturated/α-hetero) is 1. The van der Waals surface area contributed by atoms with Gasteiger partial charge in [-0.25, -0.2) is 0 Å². The first-order chi connectivity index (χ1) is 4.84. The Bertz CT molecular complexity index is 163. The lowest BCUT2D eigenvalue weighted by atomic mass is 10.1. The van der Waals surface area contributed by atoms with E-state index >= 15 is 0 Å². The van der Waals surface area contributed by atoms with E-state index in [-0.39, 0.29) is 5.78 Å². The first-order valence-corrected chi connectivity index (χ1v) is 3.42. The molecule has 0 radical (unpaired) electrons. The fourth-order valence-corrected chi connectivity index (χ4v) is 0.986. The van der Waals surface area contributed by atoms with E-state index in [0.717, 1.165) is 19.4 Å². The van der Waals surface area contributed by atoms with Crippen LogP contribution in [0, 0.1) is 0 Å². The van der Waals surface area contributed by atoms with Crippen molar-refractivity contribution in [1.29, 1.82) is 0 Å². The van der Waals surface area contributed by atoms with E-state index in [1.54, 1.807) is 0 Å². The molecular weight excluding hydrogens is 130 g/mol. The first-order valence-electron chi connectivity index (χ1n) is 3.42. The number of hydrogen-bond donors (Lipinski definition) is 2. The van der Waals surface area contributed by atoms with Gasteiger partial charge in [-0.05, 0) is 13.0 Å². The summed E-state index contributed by atoms with van der Waals surface area (Å²) in [6.07, 6.45) is 2.08. The third kappa shape index (κ3) is 1.57. The molecular formula is C7H11NO2. The molecule has 1 aliphatic heterocycles. The molecule has 3 nitrogen and oxygen atoms in total. The summed E-state index contributed by atoms with van der Waals surface area (Å²) < 4.78 is 0. The average Bonchev–Trinajstić information content (AvgIpc) is 2.13. The number of aliphatic hydroxyl groups excluding tert-OH is 1. The largest absolute Gasteiger partial charge is 0.515 e. The van der Waals surface area contributed by atoms with Crippen molar-refractivity contribution in [3.05, 3.63) is 11.8 Å². The summed E-state index contributed by atoms with van der Waals surface area (Å²) in [6.45, 7) is 1.52. The number of carbonyl (C=O) groups excluding carboxylic acids is 1. The SMILES string of the molecule is O=C1CCNCCC1=CO. The van der Waals surface area contributed by atoms with Gasteiger partial charge in [0.1, 0.15) is 0 Å². The van der Waals surface area contributed by atoms with E-state index in [1.165, 1.54) is 0 Å². The van der Waals surface area contributed by atoms with Crippen molar-refractivity contribution in [1.82, 2.24) is 5.32 Å². The van der Waals surface area contributed by atoms with E-state index in [1.807, 2.05) is 0 Å². The maximum Gasteiger partial charge on any atom is 0.163 e. The summed E-state index contributed by atoms with van der Waals surface area (Å²) in [5, 5.41) is 11.6. The summed E-state index contributed by atoms with van der Waals surface area (Å²) in [5.41, 5.74) is 0.546. The maximum absolute atomic E-state index is 11.0. The minimum absolute atomic E-state index is 0.0625. The standard InChI is InChI=1S/C7H11NO2/c9-5-6-1-3-8-4-2-7(6)10/h5,8-9H,1-4H2. The van der Waals surface area contributed by atoms with Crippen LogP contribution in [0.4, 0.5) is 0 Å². The van der Waals surface area contributed by atoms with Gasteiger partial charge in [-0.1, -0.05) is 0 Å². The van der Waals surface area contributed by atoms with E-state index < -0.39 is 0 Å². The molecule has 1 fully saturated rings. The Kier molecular flexibility index (Phi) is 2.45. The van der Waals surface area contributed by atoms with Gasteiger partial charge in [0.15, 0.2) is 5.78 Å². The molecule has 2 N–H and O–H groups in total. The van der Waals surface area contributed by atoms with Crippen LogP contribution in [0.3, 0.4) is 0 Å². The van der Waals surface area contributed by atoms with Crippen LogP contribution >= 0.6 is 0 Å². The Morgan fingerprint density at radius 2 is 2.10 bits per heavy atom. The highest BCUT2D eigenvalue weighted by molar-refractivity contribution is 5.95. The molecule has 1 aliphatic rings. The molecule has 1 saturated heterocycles. The monoisotopic (exact) mass is 141 g/mol. The summed E-state index contributed by atoms with van der Waals surface area (Å²) >= 11 is 0. The molecule has 0 bridgehead atoms. The highest BCUT2D eigenvalue weighted by Crippen LogP contribution is 2.06. The van der Waals surface area contributed by atoms with Gasteiger partial charge in [0, 0.05) is 18.5 Å². The maximum atomic E-state index is 11.0. The smallest absolute Gasteiger partial charge is 0.163 e. The van der Waals surface area contributed by atoms with Crippen LogP contribution in [0.1, 0.15) is 12.8 Å². The number of carbonyl (C=O) groups is 1. The minimum atomic E-state index is 0.0625. The molecule has 0 atom stereocenters. The molecule has 0 saturated carbocycles. The second-order valence-corrected chi connectivity index (χ2v) is 2.33.